The number of carboxylic acids is 1. The largest absolute Gasteiger partial charge is 0.480 e. The number of fused-ring (bicyclic) bond motifs is 3. The maximum atomic E-state index is 12.7. The number of carboxylic acid groups (broad SMARTS) is 1. The molecule has 3 rings (SSSR count). The Morgan fingerprint density at radius 2 is 1.79 bits per heavy atom. The van der Waals surface area contributed by atoms with E-state index in [1.807, 2.05) is 13.8 Å². The molecule has 1 heterocycles. The molecule has 0 saturated heterocycles. The zero-order chi connectivity index (χ0) is 20.6. The van der Waals surface area contributed by atoms with Crippen molar-refractivity contribution in [1.82, 2.24) is 4.72 Å². The number of carbonyl (C=O) groups is 2. The molecule has 2 aromatic carbocycles. The van der Waals surface area contributed by atoms with Gasteiger partial charge in [-0.2, -0.15) is 4.72 Å². The minimum atomic E-state index is -4.04. The highest BCUT2D eigenvalue weighted by Gasteiger charge is 2.26. The second-order valence-corrected chi connectivity index (χ2v) is 8.88. The van der Waals surface area contributed by atoms with Gasteiger partial charge in [-0.3, -0.25) is 9.59 Å². The second-order valence-electron chi connectivity index (χ2n) is 7.17. The molecule has 0 amide bonds. The molecule has 0 bridgehead atoms. The van der Waals surface area contributed by atoms with Crippen LogP contribution in [0.1, 0.15) is 37.6 Å². The van der Waals surface area contributed by atoms with Gasteiger partial charge in [-0.05, 0) is 49.6 Å². The average Bonchev–Trinajstić information content (AvgIpc) is 2.97. The van der Waals surface area contributed by atoms with E-state index >= 15 is 0 Å². The highest BCUT2D eigenvalue weighted by Crippen LogP contribution is 2.31. The van der Waals surface area contributed by atoms with Crippen molar-refractivity contribution in [2.45, 2.75) is 38.1 Å². The molecule has 0 aliphatic rings. The van der Waals surface area contributed by atoms with Crippen LogP contribution in [0.25, 0.3) is 21.9 Å². The van der Waals surface area contributed by atoms with Crippen LogP contribution >= 0.6 is 0 Å². The average molecular weight is 403 g/mol. The summed E-state index contributed by atoms with van der Waals surface area (Å²) in [6.45, 7) is 5.10. The maximum Gasteiger partial charge on any atom is 0.321 e. The monoisotopic (exact) mass is 403 g/mol. The first-order valence-electron chi connectivity index (χ1n) is 8.81. The number of benzene rings is 2. The van der Waals surface area contributed by atoms with Gasteiger partial charge < -0.3 is 9.52 Å². The van der Waals surface area contributed by atoms with Crippen molar-refractivity contribution in [2.75, 3.05) is 0 Å². The van der Waals surface area contributed by atoms with E-state index in [1.54, 1.807) is 18.2 Å². The number of hydrogen-bond acceptors (Lipinski definition) is 5. The number of ketones is 1. The van der Waals surface area contributed by atoms with E-state index in [-0.39, 0.29) is 23.0 Å². The number of nitrogens with one attached hydrogen (secondary N) is 1. The topological polar surface area (TPSA) is 114 Å². The Bertz CT molecular complexity index is 1180. The molecule has 8 heteroatoms. The molecule has 1 aromatic heterocycles. The van der Waals surface area contributed by atoms with Gasteiger partial charge in [0.05, 0.1) is 4.90 Å². The van der Waals surface area contributed by atoms with Gasteiger partial charge in [0.2, 0.25) is 10.0 Å². The molecule has 0 aliphatic heterocycles. The van der Waals surface area contributed by atoms with Gasteiger partial charge in [0.1, 0.15) is 17.2 Å². The minimum absolute atomic E-state index is 0.0135. The summed E-state index contributed by atoms with van der Waals surface area (Å²) in [7, 11) is -4.04. The Labute approximate surface area is 162 Å². The molecule has 1 atom stereocenters. The van der Waals surface area contributed by atoms with E-state index in [2.05, 4.69) is 4.72 Å². The fourth-order valence-corrected chi connectivity index (χ4v) is 4.30. The summed E-state index contributed by atoms with van der Waals surface area (Å²) in [6, 6.07) is 8.11. The molecule has 3 aromatic rings. The lowest BCUT2D eigenvalue weighted by Crippen LogP contribution is -2.41. The minimum Gasteiger partial charge on any atom is -0.480 e. The zero-order valence-corrected chi connectivity index (χ0v) is 16.5. The molecule has 7 nitrogen and oxygen atoms in total. The fourth-order valence-electron chi connectivity index (χ4n) is 3.07. The van der Waals surface area contributed by atoms with Crippen molar-refractivity contribution >= 4 is 43.7 Å². The summed E-state index contributed by atoms with van der Waals surface area (Å²) in [5, 5.41) is 10.6. The summed E-state index contributed by atoms with van der Waals surface area (Å²) in [4.78, 5) is 22.9. The van der Waals surface area contributed by atoms with Crippen LogP contribution in [0, 0.1) is 5.92 Å². The van der Waals surface area contributed by atoms with Crippen LogP contribution in [0.2, 0.25) is 0 Å². The van der Waals surface area contributed by atoms with Crippen molar-refractivity contribution in [3.05, 3.63) is 42.0 Å². The summed E-state index contributed by atoms with van der Waals surface area (Å²) >= 11 is 0. The molecule has 148 valence electrons. The van der Waals surface area contributed by atoms with Gasteiger partial charge in [0.25, 0.3) is 0 Å². The third-order valence-electron chi connectivity index (χ3n) is 4.46. The molecule has 0 saturated carbocycles. The van der Waals surface area contributed by atoms with Gasteiger partial charge in [0.15, 0.2) is 5.78 Å². The highest BCUT2D eigenvalue weighted by atomic mass is 32.2. The second kappa shape index (κ2) is 7.37. The summed E-state index contributed by atoms with van der Waals surface area (Å²) in [5.74, 6) is -1.30. The lowest BCUT2D eigenvalue weighted by atomic mass is 10.1. The third kappa shape index (κ3) is 3.93. The van der Waals surface area contributed by atoms with Gasteiger partial charge >= 0.3 is 5.97 Å². The molecule has 0 radical (unpaired) electrons. The van der Waals surface area contributed by atoms with E-state index in [1.165, 1.54) is 25.1 Å². The molecule has 0 spiro atoms. The zero-order valence-electron chi connectivity index (χ0n) is 15.7. The number of sulfonamides is 1. The molecular weight excluding hydrogens is 382 g/mol. The Balaban J connectivity index is 2.04. The van der Waals surface area contributed by atoms with E-state index in [0.29, 0.717) is 27.5 Å². The van der Waals surface area contributed by atoms with Crippen LogP contribution < -0.4 is 4.72 Å². The van der Waals surface area contributed by atoms with Crippen LogP contribution in [-0.2, 0) is 14.8 Å². The summed E-state index contributed by atoms with van der Waals surface area (Å²) < 4.78 is 33.4. The van der Waals surface area contributed by atoms with Gasteiger partial charge in [-0.25, -0.2) is 8.42 Å². The van der Waals surface area contributed by atoms with Crippen LogP contribution in [0.5, 0.6) is 0 Å². The molecule has 0 unspecified atom stereocenters. The van der Waals surface area contributed by atoms with Crippen molar-refractivity contribution in [1.29, 1.82) is 0 Å². The van der Waals surface area contributed by atoms with Crippen molar-refractivity contribution in [3.8, 4) is 0 Å². The first-order valence-corrected chi connectivity index (χ1v) is 10.3. The number of aliphatic carboxylic acids is 1. The SMILES string of the molecule is CC(=O)c1ccc2c(c1)oc1ccc(S(=O)(=O)N[C@@H](CC(C)C)C(=O)O)cc12. The normalized spacial score (nSPS) is 13.3. The summed E-state index contributed by atoms with van der Waals surface area (Å²) in [5.41, 5.74) is 1.46. The van der Waals surface area contributed by atoms with Crippen LogP contribution in [-0.4, -0.2) is 31.3 Å². The van der Waals surface area contributed by atoms with E-state index in [0.717, 1.165) is 0 Å². The third-order valence-corrected chi connectivity index (χ3v) is 5.93. The van der Waals surface area contributed by atoms with Gasteiger partial charge in [-0.1, -0.05) is 19.9 Å². The predicted octanol–water partition coefficient (Wildman–Crippen LogP) is 3.57. The van der Waals surface area contributed by atoms with Crippen molar-refractivity contribution in [2.24, 2.45) is 5.92 Å². The quantitative estimate of drug-likeness (QED) is 0.583. The molecular formula is C20H21NO6S. The number of hydrogen-bond donors (Lipinski definition) is 2. The van der Waals surface area contributed by atoms with E-state index < -0.39 is 22.0 Å². The smallest absolute Gasteiger partial charge is 0.321 e. The van der Waals surface area contributed by atoms with Crippen molar-refractivity contribution < 1.29 is 27.5 Å². The lowest BCUT2D eigenvalue weighted by Gasteiger charge is -2.16. The Kier molecular flexibility index (Phi) is 5.27. The van der Waals surface area contributed by atoms with Crippen LogP contribution in [0.15, 0.2) is 45.7 Å². The van der Waals surface area contributed by atoms with Crippen LogP contribution in [0.3, 0.4) is 0 Å². The number of carbonyl (C=O) groups excluding carboxylic acids is 1. The van der Waals surface area contributed by atoms with E-state index in [9.17, 15) is 23.1 Å². The molecule has 28 heavy (non-hydrogen) atoms. The number of furan rings is 1. The summed E-state index contributed by atoms with van der Waals surface area (Å²) in [6.07, 6.45) is 0.180. The van der Waals surface area contributed by atoms with Crippen LogP contribution in [0.4, 0.5) is 0 Å². The molecule has 2 N–H and O–H groups in total. The molecule has 0 fully saturated rings. The molecule has 0 aliphatic carbocycles. The van der Waals surface area contributed by atoms with E-state index in [4.69, 9.17) is 4.42 Å². The first-order chi connectivity index (χ1) is 13.1. The predicted molar refractivity (Wildman–Crippen MR) is 105 cm³/mol. The van der Waals surface area contributed by atoms with Crippen molar-refractivity contribution in [3.63, 3.8) is 0 Å². The Hall–Kier alpha value is -2.71. The number of rotatable bonds is 7. The maximum absolute atomic E-state index is 12.7. The fraction of sp³-hybridized carbons (Fsp3) is 0.300. The highest BCUT2D eigenvalue weighted by molar-refractivity contribution is 7.89. The van der Waals surface area contributed by atoms with Gasteiger partial charge in [0, 0.05) is 16.3 Å². The number of Topliss-reactive ketones (excluding diaryl/α,β-unsaturated/α-hetero) is 1. The van der Waals surface area contributed by atoms with Gasteiger partial charge in [-0.15, -0.1) is 0 Å². The Morgan fingerprint density at radius 3 is 2.39 bits per heavy atom. The Morgan fingerprint density at radius 1 is 1.07 bits per heavy atom. The first kappa shape index (κ1) is 20.0. The lowest BCUT2D eigenvalue weighted by molar-refractivity contribution is -0.139. The standard InChI is InChI=1S/C20H21NO6S/c1-11(2)8-17(20(23)24)21-28(25,26)14-5-7-18-16(10-14)15-6-4-13(12(3)22)9-19(15)27-18/h4-7,9-11,17,21H,8H2,1-3H3,(H,23,24)/t17-/m0/s1.